The van der Waals surface area contributed by atoms with Crippen molar-refractivity contribution in [3.05, 3.63) is 30.0 Å². The lowest BCUT2D eigenvalue weighted by Crippen LogP contribution is -2.18. The van der Waals surface area contributed by atoms with Crippen LogP contribution in [-0.2, 0) is 18.3 Å². The van der Waals surface area contributed by atoms with Crippen LogP contribution in [0.2, 0.25) is 0 Å². The smallest absolute Gasteiger partial charge is 0.161 e. The second-order valence-corrected chi connectivity index (χ2v) is 5.56. The van der Waals surface area contributed by atoms with Crippen LogP contribution in [0.5, 0.6) is 11.5 Å². The van der Waals surface area contributed by atoms with E-state index in [1.54, 1.807) is 7.11 Å². The summed E-state index contributed by atoms with van der Waals surface area (Å²) in [5, 5.41) is 7.97. The van der Waals surface area contributed by atoms with Gasteiger partial charge >= 0.3 is 0 Å². The maximum absolute atomic E-state index is 5.78. The van der Waals surface area contributed by atoms with E-state index in [2.05, 4.69) is 10.4 Å². The van der Waals surface area contributed by atoms with E-state index in [9.17, 15) is 0 Å². The number of methoxy groups -OCH3 is 1. The van der Waals surface area contributed by atoms with E-state index in [0.717, 1.165) is 47.8 Å². The average molecular weight is 317 g/mol. The average Bonchev–Trinajstić information content (AvgIpc) is 2.78. The van der Waals surface area contributed by atoms with Gasteiger partial charge in [0.1, 0.15) is 0 Å². The third-order valence-corrected chi connectivity index (χ3v) is 3.72. The molecule has 0 radical (unpaired) electrons. The number of hydrogen-bond donors (Lipinski definition) is 1. The largest absolute Gasteiger partial charge is 0.490 e. The molecule has 23 heavy (non-hydrogen) atoms. The number of nitrogens with one attached hydrogen (secondary N) is 1. The molecule has 0 saturated carbocycles. The highest BCUT2D eigenvalue weighted by atomic mass is 16.5. The van der Waals surface area contributed by atoms with Crippen LogP contribution in [-0.4, -0.2) is 43.3 Å². The molecule has 2 heterocycles. The van der Waals surface area contributed by atoms with Crippen molar-refractivity contribution in [2.24, 2.45) is 7.05 Å². The van der Waals surface area contributed by atoms with E-state index in [1.807, 2.05) is 36.1 Å². The summed E-state index contributed by atoms with van der Waals surface area (Å²) in [7, 11) is 3.64. The zero-order chi connectivity index (χ0) is 16.1. The highest BCUT2D eigenvalue weighted by Gasteiger charge is 2.15. The Kier molecular flexibility index (Phi) is 5.15. The van der Waals surface area contributed by atoms with E-state index >= 15 is 0 Å². The lowest BCUT2D eigenvalue weighted by molar-refractivity contribution is 0.199. The third kappa shape index (κ3) is 3.83. The number of fused-ring (bicyclic) bond motifs is 1. The predicted octanol–water partition coefficient (Wildman–Crippen LogP) is 1.98. The van der Waals surface area contributed by atoms with Crippen LogP contribution in [0.25, 0.3) is 11.3 Å². The molecule has 0 unspecified atom stereocenters. The minimum atomic E-state index is 0.685. The Morgan fingerprint density at radius 3 is 2.91 bits per heavy atom. The zero-order valence-corrected chi connectivity index (χ0v) is 13.7. The molecule has 0 atom stereocenters. The molecule has 3 rings (SSSR count). The molecule has 0 spiro atoms. The van der Waals surface area contributed by atoms with E-state index in [1.165, 1.54) is 0 Å². The standard InChI is InChI=1S/C17H23N3O3/c1-20-12-14(11-18-6-9-21-2)17(19-20)13-4-5-15-16(10-13)23-8-3-7-22-15/h4-5,10,12,18H,3,6-9,11H2,1-2H3. The molecule has 1 aliphatic heterocycles. The molecular weight excluding hydrogens is 294 g/mol. The summed E-state index contributed by atoms with van der Waals surface area (Å²) in [5.74, 6) is 1.60. The molecule has 6 nitrogen and oxygen atoms in total. The van der Waals surface area contributed by atoms with Gasteiger partial charge < -0.3 is 19.5 Å². The fraction of sp³-hybridized carbons (Fsp3) is 0.471. The number of ether oxygens (including phenoxy) is 3. The van der Waals surface area contributed by atoms with Crippen molar-refractivity contribution in [1.82, 2.24) is 15.1 Å². The molecule has 1 aromatic heterocycles. The van der Waals surface area contributed by atoms with Gasteiger partial charge in [0.25, 0.3) is 0 Å². The molecule has 1 aromatic carbocycles. The molecule has 0 fully saturated rings. The van der Waals surface area contributed by atoms with Crippen molar-refractivity contribution in [3.63, 3.8) is 0 Å². The van der Waals surface area contributed by atoms with Gasteiger partial charge in [0.05, 0.1) is 25.5 Å². The van der Waals surface area contributed by atoms with Crippen LogP contribution < -0.4 is 14.8 Å². The first-order valence-electron chi connectivity index (χ1n) is 7.90. The van der Waals surface area contributed by atoms with Gasteiger partial charge in [-0.05, 0) is 18.2 Å². The van der Waals surface area contributed by atoms with Crippen LogP contribution in [0.1, 0.15) is 12.0 Å². The Bertz CT molecular complexity index is 655. The number of hydrogen-bond acceptors (Lipinski definition) is 5. The second kappa shape index (κ2) is 7.48. The molecule has 1 N–H and O–H groups in total. The number of nitrogens with zero attached hydrogens (tertiary/aromatic N) is 2. The fourth-order valence-electron chi connectivity index (χ4n) is 2.62. The molecule has 124 valence electrons. The fourth-order valence-corrected chi connectivity index (χ4v) is 2.62. The molecule has 0 amide bonds. The first-order chi connectivity index (χ1) is 11.3. The monoisotopic (exact) mass is 317 g/mol. The minimum absolute atomic E-state index is 0.685. The minimum Gasteiger partial charge on any atom is -0.490 e. The number of aromatic nitrogens is 2. The Balaban J connectivity index is 1.82. The summed E-state index contributed by atoms with van der Waals surface area (Å²) in [6.07, 6.45) is 2.94. The Hall–Kier alpha value is -2.05. The van der Waals surface area contributed by atoms with E-state index in [4.69, 9.17) is 14.2 Å². The topological polar surface area (TPSA) is 57.5 Å². The predicted molar refractivity (Wildman–Crippen MR) is 87.8 cm³/mol. The van der Waals surface area contributed by atoms with Crippen molar-refractivity contribution in [2.75, 3.05) is 33.5 Å². The van der Waals surface area contributed by atoms with Gasteiger partial charge in [0.2, 0.25) is 0 Å². The summed E-state index contributed by atoms with van der Waals surface area (Å²) in [5.41, 5.74) is 3.16. The number of aryl methyl sites for hydroxylation is 1. The number of benzene rings is 1. The summed E-state index contributed by atoms with van der Waals surface area (Å²) in [4.78, 5) is 0. The zero-order valence-electron chi connectivity index (χ0n) is 13.7. The van der Waals surface area contributed by atoms with Crippen molar-refractivity contribution in [3.8, 4) is 22.8 Å². The van der Waals surface area contributed by atoms with Gasteiger partial charge in [-0.3, -0.25) is 4.68 Å². The first-order valence-corrected chi connectivity index (χ1v) is 7.90. The molecular formula is C17H23N3O3. The quantitative estimate of drug-likeness (QED) is 0.826. The lowest BCUT2D eigenvalue weighted by Gasteiger charge is -2.09. The van der Waals surface area contributed by atoms with Crippen LogP contribution in [0.15, 0.2) is 24.4 Å². The van der Waals surface area contributed by atoms with E-state index in [0.29, 0.717) is 19.8 Å². The van der Waals surface area contributed by atoms with Crippen LogP contribution in [0.4, 0.5) is 0 Å². The molecule has 6 heteroatoms. The lowest BCUT2D eigenvalue weighted by atomic mass is 10.1. The molecule has 1 aliphatic rings. The van der Waals surface area contributed by atoms with Gasteiger partial charge in [0, 0.05) is 51.0 Å². The molecule has 0 saturated heterocycles. The molecule has 0 aliphatic carbocycles. The van der Waals surface area contributed by atoms with Crippen LogP contribution in [0.3, 0.4) is 0 Å². The van der Waals surface area contributed by atoms with Gasteiger partial charge in [0.15, 0.2) is 11.5 Å². The Morgan fingerprint density at radius 1 is 1.26 bits per heavy atom. The van der Waals surface area contributed by atoms with Crippen LogP contribution in [0, 0.1) is 0 Å². The second-order valence-electron chi connectivity index (χ2n) is 5.56. The highest BCUT2D eigenvalue weighted by Crippen LogP contribution is 2.34. The van der Waals surface area contributed by atoms with E-state index in [-0.39, 0.29) is 0 Å². The van der Waals surface area contributed by atoms with Gasteiger partial charge in [-0.2, -0.15) is 5.10 Å². The number of rotatable bonds is 6. The third-order valence-electron chi connectivity index (χ3n) is 3.72. The van der Waals surface area contributed by atoms with Crippen LogP contribution >= 0.6 is 0 Å². The maximum atomic E-state index is 5.78. The summed E-state index contributed by atoms with van der Waals surface area (Å²) >= 11 is 0. The molecule has 0 bridgehead atoms. The van der Waals surface area contributed by atoms with Gasteiger partial charge in [-0.15, -0.1) is 0 Å². The Labute approximate surface area is 136 Å². The Morgan fingerprint density at radius 2 is 2.09 bits per heavy atom. The van der Waals surface area contributed by atoms with Crippen molar-refractivity contribution in [2.45, 2.75) is 13.0 Å². The van der Waals surface area contributed by atoms with Gasteiger partial charge in [-0.1, -0.05) is 0 Å². The summed E-state index contributed by atoms with van der Waals surface area (Å²) in [6, 6.07) is 6.02. The maximum Gasteiger partial charge on any atom is 0.161 e. The molecule has 2 aromatic rings. The van der Waals surface area contributed by atoms with Gasteiger partial charge in [-0.25, -0.2) is 0 Å². The van der Waals surface area contributed by atoms with Crippen molar-refractivity contribution >= 4 is 0 Å². The summed E-state index contributed by atoms with van der Waals surface area (Å²) < 4.78 is 18.4. The normalized spacial score (nSPS) is 13.8. The highest BCUT2D eigenvalue weighted by molar-refractivity contribution is 5.66. The van der Waals surface area contributed by atoms with Crippen molar-refractivity contribution in [1.29, 1.82) is 0 Å². The van der Waals surface area contributed by atoms with Crippen molar-refractivity contribution < 1.29 is 14.2 Å². The first kappa shape index (κ1) is 15.8. The SMILES string of the molecule is COCCNCc1cn(C)nc1-c1ccc2c(c1)OCCCO2. The summed E-state index contributed by atoms with van der Waals surface area (Å²) in [6.45, 7) is 3.64. The van der Waals surface area contributed by atoms with E-state index < -0.39 is 0 Å².